The standard InChI is InChI=1S/C19H21ClN2O4S/c1-15(26-17-7-5-6-16(20)14-17)19(23)21-10-12-22(13-11-21)27(24,25)18-8-3-2-4-9-18/h2-9,14-15H,10-13H2,1H3. The van der Waals surface area contributed by atoms with E-state index in [0.29, 0.717) is 23.9 Å². The van der Waals surface area contributed by atoms with Crippen LogP contribution in [0.2, 0.25) is 5.02 Å². The molecular weight excluding hydrogens is 388 g/mol. The van der Waals surface area contributed by atoms with Crippen molar-refractivity contribution in [2.45, 2.75) is 17.9 Å². The van der Waals surface area contributed by atoms with E-state index in [1.807, 2.05) is 0 Å². The molecule has 2 aromatic rings. The Kier molecular flexibility index (Phi) is 6.04. The van der Waals surface area contributed by atoms with Gasteiger partial charge in [-0.25, -0.2) is 8.42 Å². The van der Waals surface area contributed by atoms with Gasteiger partial charge in [0, 0.05) is 31.2 Å². The molecule has 144 valence electrons. The van der Waals surface area contributed by atoms with Gasteiger partial charge in [-0.05, 0) is 37.3 Å². The average Bonchev–Trinajstić information content (AvgIpc) is 2.68. The Morgan fingerprint density at radius 1 is 1.04 bits per heavy atom. The van der Waals surface area contributed by atoms with Crippen molar-refractivity contribution in [1.29, 1.82) is 0 Å². The number of nitrogens with zero attached hydrogens (tertiary/aromatic N) is 2. The fourth-order valence-corrected chi connectivity index (χ4v) is 4.57. The van der Waals surface area contributed by atoms with E-state index in [2.05, 4.69) is 0 Å². The van der Waals surface area contributed by atoms with Crippen molar-refractivity contribution in [1.82, 2.24) is 9.21 Å². The highest BCUT2D eigenvalue weighted by Gasteiger charge is 2.31. The van der Waals surface area contributed by atoms with E-state index in [1.54, 1.807) is 66.4 Å². The Hall–Kier alpha value is -2.09. The summed E-state index contributed by atoms with van der Waals surface area (Å²) >= 11 is 5.93. The monoisotopic (exact) mass is 408 g/mol. The molecule has 1 unspecified atom stereocenters. The Labute approximate surface area is 164 Å². The molecule has 0 radical (unpaired) electrons. The minimum Gasteiger partial charge on any atom is -0.481 e. The van der Waals surface area contributed by atoms with Crippen LogP contribution >= 0.6 is 11.6 Å². The van der Waals surface area contributed by atoms with Gasteiger partial charge in [0.1, 0.15) is 5.75 Å². The number of carbonyl (C=O) groups is 1. The lowest BCUT2D eigenvalue weighted by molar-refractivity contribution is -0.139. The summed E-state index contributed by atoms with van der Waals surface area (Å²) in [5, 5.41) is 0.534. The number of hydrogen-bond acceptors (Lipinski definition) is 4. The van der Waals surface area contributed by atoms with Crippen LogP contribution in [-0.2, 0) is 14.8 Å². The molecule has 27 heavy (non-hydrogen) atoms. The van der Waals surface area contributed by atoms with Crippen LogP contribution in [0.1, 0.15) is 6.92 Å². The van der Waals surface area contributed by atoms with Crippen molar-refractivity contribution >= 4 is 27.5 Å². The van der Waals surface area contributed by atoms with E-state index in [9.17, 15) is 13.2 Å². The molecule has 1 heterocycles. The number of halogens is 1. The van der Waals surface area contributed by atoms with Gasteiger partial charge in [0.15, 0.2) is 6.10 Å². The summed E-state index contributed by atoms with van der Waals surface area (Å²) in [4.78, 5) is 14.5. The zero-order valence-electron chi connectivity index (χ0n) is 14.9. The first-order valence-corrected chi connectivity index (χ1v) is 10.5. The number of rotatable bonds is 5. The molecule has 8 heteroatoms. The minimum absolute atomic E-state index is 0.174. The molecule has 1 aliphatic heterocycles. The fraction of sp³-hybridized carbons (Fsp3) is 0.316. The summed E-state index contributed by atoms with van der Waals surface area (Å²) in [6, 6.07) is 15.2. The summed E-state index contributed by atoms with van der Waals surface area (Å²) in [6.07, 6.45) is -0.680. The van der Waals surface area contributed by atoms with Gasteiger partial charge < -0.3 is 9.64 Å². The number of hydrogen-bond donors (Lipinski definition) is 0. The number of amides is 1. The third kappa shape index (κ3) is 4.61. The van der Waals surface area contributed by atoms with E-state index in [-0.39, 0.29) is 23.9 Å². The van der Waals surface area contributed by atoms with E-state index in [4.69, 9.17) is 16.3 Å². The van der Waals surface area contributed by atoms with Crippen LogP contribution in [0.4, 0.5) is 0 Å². The molecular formula is C19H21ClN2O4S. The summed E-state index contributed by atoms with van der Waals surface area (Å²) in [6.45, 7) is 2.85. The highest BCUT2D eigenvalue weighted by molar-refractivity contribution is 7.89. The van der Waals surface area contributed by atoms with Crippen molar-refractivity contribution in [3.05, 3.63) is 59.6 Å². The molecule has 1 aliphatic rings. The lowest BCUT2D eigenvalue weighted by Gasteiger charge is -2.35. The third-order valence-corrected chi connectivity index (χ3v) is 6.54. The topological polar surface area (TPSA) is 66.9 Å². The van der Waals surface area contributed by atoms with Crippen LogP contribution in [0, 0.1) is 0 Å². The predicted molar refractivity (Wildman–Crippen MR) is 103 cm³/mol. The summed E-state index contributed by atoms with van der Waals surface area (Å²) < 4.78 is 32.4. The molecule has 2 aromatic carbocycles. The molecule has 1 saturated heterocycles. The normalized spacial score (nSPS) is 16.7. The van der Waals surface area contributed by atoms with Crippen LogP contribution < -0.4 is 4.74 Å². The first kappa shape index (κ1) is 19.7. The van der Waals surface area contributed by atoms with Gasteiger partial charge in [-0.1, -0.05) is 35.9 Å². The summed E-state index contributed by atoms with van der Waals surface area (Å²) in [5.41, 5.74) is 0. The first-order valence-electron chi connectivity index (χ1n) is 8.64. The molecule has 0 aromatic heterocycles. The first-order chi connectivity index (χ1) is 12.9. The Morgan fingerprint density at radius 2 is 1.70 bits per heavy atom. The second kappa shape index (κ2) is 8.29. The highest BCUT2D eigenvalue weighted by Crippen LogP contribution is 2.20. The maximum Gasteiger partial charge on any atom is 0.263 e. The number of carbonyl (C=O) groups excluding carboxylic acids is 1. The maximum absolute atomic E-state index is 12.7. The Bertz CT molecular complexity index is 897. The minimum atomic E-state index is -3.54. The molecule has 1 fully saturated rings. The van der Waals surface area contributed by atoms with Gasteiger partial charge in [0.05, 0.1) is 4.90 Å². The highest BCUT2D eigenvalue weighted by atomic mass is 35.5. The van der Waals surface area contributed by atoms with Gasteiger partial charge in [-0.3, -0.25) is 4.79 Å². The summed E-state index contributed by atoms with van der Waals surface area (Å²) in [5.74, 6) is 0.348. The van der Waals surface area contributed by atoms with Crippen molar-refractivity contribution in [3.8, 4) is 5.75 Å². The Morgan fingerprint density at radius 3 is 2.33 bits per heavy atom. The zero-order valence-corrected chi connectivity index (χ0v) is 16.5. The van der Waals surface area contributed by atoms with Gasteiger partial charge in [-0.15, -0.1) is 0 Å². The lowest BCUT2D eigenvalue weighted by atomic mass is 10.2. The fourth-order valence-electron chi connectivity index (χ4n) is 2.94. The molecule has 3 rings (SSSR count). The maximum atomic E-state index is 12.7. The predicted octanol–water partition coefficient (Wildman–Crippen LogP) is 2.64. The molecule has 0 saturated carbocycles. The van der Waals surface area contributed by atoms with Crippen LogP contribution in [0.25, 0.3) is 0 Å². The van der Waals surface area contributed by atoms with Gasteiger partial charge in [-0.2, -0.15) is 4.31 Å². The average molecular weight is 409 g/mol. The van der Waals surface area contributed by atoms with E-state index in [0.717, 1.165) is 0 Å². The number of piperazine rings is 1. The molecule has 6 nitrogen and oxygen atoms in total. The third-order valence-electron chi connectivity index (χ3n) is 4.39. The molecule has 1 amide bonds. The smallest absolute Gasteiger partial charge is 0.263 e. The van der Waals surface area contributed by atoms with Crippen LogP contribution in [0.5, 0.6) is 5.75 Å². The van der Waals surface area contributed by atoms with E-state index in [1.165, 1.54) is 4.31 Å². The van der Waals surface area contributed by atoms with Crippen molar-refractivity contribution < 1.29 is 17.9 Å². The van der Waals surface area contributed by atoms with Crippen LogP contribution in [0.3, 0.4) is 0 Å². The van der Waals surface area contributed by atoms with Crippen LogP contribution in [-0.4, -0.2) is 55.8 Å². The molecule has 1 atom stereocenters. The van der Waals surface area contributed by atoms with Crippen molar-refractivity contribution in [2.75, 3.05) is 26.2 Å². The SMILES string of the molecule is CC(Oc1cccc(Cl)c1)C(=O)N1CCN(S(=O)(=O)c2ccccc2)CC1. The Balaban J connectivity index is 1.59. The van der Waals surface area contributed by atoms with Gasteiger partial charge >= 0.3 is 0 Å². The van der Waals surface area contributed by atoms with E-state index < -0.39 is 16.1 Å². The number of sulfonamides is 1. The van der Waals surface area contributed by atoms with Crippen LogP contribution in [0.15, 0.2) is 59.5 Å². The zero-order chi connectivity index (χ0) is 19.4. The second-order valence-corrected chi connectivity index (χ2v) is 8.63. The number of ether oxygens (including phenoxy) is 1. The second-order valence-electron chi connectivity index (χ2n) is 6.26. The van der Waals surface area contributed by atoms with Gasteiger partial charge in [0.25, 0.3) is 5.91 Å². The largest absolute Gasteiger partial charge is 0.481 e. The summed E-state index contributed by atoms with van der Waals surface area (Å²) in [7, 11) is -3.54. The molecule has 0 spiro atoms. The molecule has 0 N–H and O–H groups in total. The quantitative estimate of drug-likeness (QED) is 0.762. The van der Waals surface area contributed by atoms with Gasteiger partial charge in [0.2, 0.25) is 10.0 Å². The molecule has 0 bridgehead atoms. The lowest BCUT2D eigenvalue weighted by Crippen LogP contribution is -2.53. The van der Waals surface area contributed by atoms with Crippen molar-refractivity contribution in [2.24, 2.45) is 0 Å². The van der Waals surface area contributed by atoms with E-state index >= 15 is 0 Å². The number of benzene rings is 2. The molecule has 0 aliphatic carbocycles. The van der Waals surface area contributed by atoms with Crippen molar-refractivity contribution in [3.63, 3.8) is 0 Å².